The van der Waals surface area contributed by atoms with Gasteiger partial charge in [-0.05, 0) is 52.0 Å². The van der Waals surface area contributed by atoms with Crippen LogP contribution in [0.3, 0.4) is 0 Å². The van der Waals surface area contributed by atoms with Crippen molar-refractivity contribution in [3.05, 3.63) is 65.0 Å². The van der Waals surface area contributed by atoms with E-state index in [1.807, 2.05) is 18.2 Å². The number of nitrogens with zero attached hydrogens (tertiary/aromatic N) is 3. The lowest BCUT2D eigenvalue weighted by Gasteiger charge is -2.30. The van der Waals surface area contributed by atoms with E-state index in [1.54, 1.807) is 41.0 Å². The summed E-state index contributed by atoms with van der Waals surface area (Å²) in [5.41, 5.74) is 0.545. The first-order valence-corrected chi connectivity index (χ1v) is 13.5. The zero-order valence-corrected chi connectivity index (χ0v) is 20.7. The predicted octanol–water partition coefficient (Wildman–Crippen LogP) is 4.08. The first-order valence-electron chi connectivity index (χ1n) is 10.9. The van der Waals surface area contributed by atoms with Crippen molar-refractivity contribution in [2.24, 2.45) is 0 Å². The van der Waals surface area contributed by atoms with Gasteiger partial charge in [-0.1, -0.05) is 42.1 Å². The summed E-state index contributed by atoms with van der Waals surface area (Å²) < 4.78 is 27.0. The Morgan fingerprint density at radius 2 is 1.59 bits per heavy atom. The van der Waals surface area contributed by atoms with Crippen molar-refractivity contribution in [3.8, 4) is 0 Å². The van der Waals surface area contributed by atoms with Gasteiger partial charge >= 0.3 is 0 Å². The van der Waals surface area contributed by atoms with Crippen LogP contribution in [0.25, 0.3) is 10.9 Å². The second-order valence-corrected chi connectivity index (χ2v) is 11.4. The van der Waals surface area contributed by atoms with Crippen LogP contribution in [0.4, 0.5) is 0 Å². The molecule has 0 unspecified atom stereocenters. The fraction of sp³-hybridized carbons (Fsp3) is 0.417. The van der Waals surface area contributed by atoms with Gasteiger partial charge in [0.25, 0.3) is 5.56 Å². The molecule has 8 heteroatoms. The topological polar surface area (TPSA) is 72.3 Å². The van der Waals surface area contributed by atoms with E-state index in [1.165, 1.54) is 11.8 Å². The maximum absolute atomic E-state index is 13.3. The molecule has 0 bridgehead atoms. The second kappa shape index (κ2) is 10.6. The molecule has 3 aromatic rings. The third-order valence-electron chi connectivity index (χ3n) is 5.42. The first-order chi connectivity index (χ1) is 15.2. The standard InChI is InChI=1S/C24H31N3O3S2/c1-18(2)26(19(3)4)14-15-27-23(28)21-12-8-9-13-22(21)25-24(27)31-16-17-32(29,30)20-10-6-5-7-11-20/h5-13,18-19H,14-17H2,1-4H3. The molecule has 0 N–H and O–H groups in total. The quantitative estimate of drug-likeness (QED) is 0.326. The smallest absolute Gasteiger partial charge is 0.262 e. The summed E-state index contributed by atoms with van der Waals surface area (Å²) in [5, 5.41) is 1.14. The lowest BCUT2D eigenvalue weighted by molar-refractivity contribution is 0.166. The number of rotatable bonds is 10. The van der Waals surface area contributed by atoms with Crippen LogP contribution in [0.2, 0.25) is 0 Å². The van der Waals surface area contributed by atoms with Crippen LogP contribution in [-0.4, -0.2) is 53.0 Å². The number of aromatic nitrogens is 2. The second-order valence-electron chi connectivity index (χ2n) is 8.27. The highest BCUT2D eigenvalue weighted by Crippen LogP contribution is 2.20. The Morgan fingerprint density at radius 3 is 2.25 bits per heavy atom. The molecule has 0 radical (unpaired) electrons. The van der Waals surface area contributed by atoms with Crippen molar-refractivity contribution in [3.63, 3.8) is 0 Å². The van der Waals surface area contributed by atoms with Crippen molar-refractivity contribution < 1.29 is 8.42 Å². The Bertz CT molecular complexity index is 1200. The molecule has 32 heavy (non-hydrogen) atoms. The zero-order valence-electron chi connectivity index (χ0n) is 19.1. The van der Waals surface area contributed by atoms with E-state index < -0.39 is 9.84 Å². The van der Waals surface area contributed by atoms with Gasteiger partial charge in [-0.3, -0.25) is 14.3 Å². The molecule has 2 aromatic carbocycles. The monoisotopic (exact) mass is 473 g/mol. The molecule has 0 amide bonds. The average Bonchev–Trinajstić information content (AvgIpc) is 2.76. The SMILES string of the molecule is CC(C)N(CCn1c(SCCS(=O)(=O)c2ccccc2)nc2ccccc2c1=O)C(C)C. The molecule has 0 atom stereocenters. The molecule has 1 aromatic heterocycles. The van der Waals surface area contributed by atoms with Gasteiger partial charge in [0.05, 0.1) is 21.6 Å². The van der Waals surface area contributed by atoms with Gasteiger partial charge in [0, 0.05) is 30.9 Å². The van der Waals surface area contributed by atoms with Crippen LogP contribution < -0.4 is 5.56 Å². The molecular formula is C24H31N3O3S2. The lowest BCUT2D eigenvalue weighted by atomic mass is 10.2. The third kappa shape index (κ3) is 5.79. The molecule has 0 saturated carbocycles. The van der Waals surface area contributed by atoms with E-state index in [4.69, 9.17) is 4.98 Å². The summed E-state index contributed by atoms with van der Waals surface area (Å²) in [5.74, 6) is 0.300. The van der Waals surface area contributed by atoms with E-state index >= 15 is 0 Å². The zero-order chi connectivity index (χ0) is 23.3. The Morgan fingerprint density at radius 1 is 0.969 bits per heavy atom. The minimum atomic E-state index is -3.39. The molecule has 0 spiro atoms. The highest BCUT2D eigenvalue weighted by atomic mass is 32.2. The van der Waals surface area contributed by atoms with Gasteiger partial charge in [-0.2, -0.15) is 0 Å². The molecule has 0 aliphatic carbocycles. The van der Waals surface area contributed by atoms with Crippen molar-refractivity contribution >= 4 is 32.5 Å². The maximum Gasteiger partial charge on any atom is 0.262 e. The molecule has 3 rings (SSSR count). The first kappa shape index (κ1) is 24.5. The van der Waals surface area contributed by atoms with Crippen LogP contribution in [0.15, 0.2) is 69.4 Å². The van der Waals surface area contributed by atoms with Crippen LogP contribution in [-0.2, 0) is 16.4 Å². The van der Waals surface area contributed by atoms with E-state index in [0.717, 1.165) is 0 Å². The molecular weight excluding hydrogens is 442 g/mol. The van der Waals surface area contributed by atoms with Crippen molar-refractivity contribution in [1.82, 2.24) is 14.5 Å². The number of hydrogen-bond acceptors (Lipinski definition) is 6. The number of thioether (sulfide) groups is 1. The summed E-state index contributed by atoms with van der Waals surface area (Å²) in [6, 6.07) is 16.5. The largest absolute Gasteiger partial charge is 0.297 e. The van der Waals surface area contributed by atoms with Crippen molar-refractivity contribution in [1.29, 1.82) is 0 Å². The van der Waals surface area contributed by atoms with E-state index in [2.05, 4.69) is 32.6 Å². The fourth-order valence-electron chi connectivity index (χ4n) is 3.77. The normalized spacial score (nSPS) is 12.3. The van der Waals surface area contributed by atoms with Crippen LogP contribution in [0.1, 0.15) is 27.7 Å². The summed E-state index contributed by atoms with van der Waals surface area (Å²) in [4.78, 5) is 20.6. The third-order valence-corrected chi connectivity index (χ3v) is 8.39. The van der Waals surface area contributed by atoms with Gasteiger partial charge in [0.1, 0.15) is 0 Å². The maximum atomic E-state index is 13.3. The Labute approximate surface area is 194 Å². The molecule has 6 nitrogen and oxygen atoms in total. The highest BCUT2D eigenvalue weighted by Gasteiger charge is 2.18. The number of fused-ring (bicyclic) bond motifs is 1. The van der Waals surface area contributed by atoms with E-state index in [-0.39, 0.29) is 11.3 Å². The van der Waals surface area contributed by atoms with Crippen LogP contribution >= 0.6 is 11.8 Å². The van der Waals surface area contributed by atoms with Gasteiger partial charge in [-0.25, -0.2) is 13.4 Å². The summed E-state index contributed by atoms with van der Waals surface area (Å²) >= 11 is 1.32. The fourth-order valence-corrected chi connectivity index (χ4v) is 6.47. The highest BCUT2D eigenvalue weighted by molar-refractivity contribution is 8.00. The lowest BCUT2D eigenvalue weighted by Crippen LogP contribution is -2.40. The number of benzene rings is 2. The molecule has 0 aliphatic rings. The van der Waals surface area contributed by atoms with Gasteiger partial charge in [-0.15, -0.1) is 0 Å². The summed E-state index contributed by atoms with van der Waals surface area (Å²) in [6.07, 6.45) is 0. The number of sulfone groups is 1. The van der Waals surface area contributed by atoms with Crippen LogP contribution in [0.5, 0.6) is 0 Å². The summed E-state index contributed by atoms with van der Waals surface area (Å²) in [6.45, 7) is 9.79. The molecule has 172 valence electrons. The molecule has 0 aliphatic heterocycles. The molecule has 1 heterocycles. The van der Waals surface area contributed by atoms with E-state index in [0.29, 0.717) is 51.9 Å². The van der Waals surface area contributed by atoms with Crippen molar-refractivity contribution in [2.45, 2.75) is 56.4 Å². The number of hydrogen-bond donors (Lipinski definition) is 0. The van der Waals surface area contributed by atoms with Gasteiger partial charge in [0.2, 0.25) is 0 Å². The van der Waals surface area contributed by atoms with Crippen LogP contribution in [0, 0.1) is 0 Å². The minimum absolute atomic E-state index is 0.0194. The summed E-state index contributed by atoms with van der Waals surface area (Å²) in [7, 11) is -3.39. The van der Waals surface area contributed by atoms with Gasteiger partial charge in [0.15, 0.2) is 15.0 Å². The van der Waals surface area contributed by atoms with E-state index in [9.17, 15) is 13.2 Å². The van der Waals surface area contributed by atoms with Crippen molar-refractivity contribution in [2.75, 3.05) is 18.1 Å². The molecule has 0 saturated heterocycles. The number of para-hydroxylation sites is 1. The average molecular weight is 474 g/mol. The Balaban J connectivity index is 1.86. The minimum Gasteiger partial charge on any atom is -0.297 e. The Kier molecular flexibility index (Phi) is 8.14. The Hall–Kier alpha value is -2.16. The van der Waals surface area contributed by atoms with Gasteiger partial charge < -0.3 is 0 Å². The molecule has 0 fully saturated rings. The predicted molar refractivity (Wildman–Crippen MR) is 132 cm³/mol.